The van der Waals surface area contributed by atoms with Gasteiger partial charge in [0.15, 0.2) is 0 Å². The van der Waals surface area contributed by atoms with E-state index in [1.807, 2.05) is 24.3 Å². The van der Waals surface area contributed by atoms with Crippen LogP contribution in [0.5, 0.6) is 0 Å². The van der Waals surface area contributed by atoms with Gasteiger partial charge in [-0.1, -0.05) is 48.5 Å². The van der Waals surface area contributed by atoms with Crippen molar-refractivity contribution in [2.75, 3.05) is 13.1 Å². The zero-order valence-electron chi connectivity index (χ0n) is 14.7. The highest BCUT2D eigenvalue weighted by Crippen LogP contribution is 2.20. The Morgan fingerprint density at radius 1 is 0.654 bits per heavy atom. The van der Waals surface area contributed by atoms with Gasteiger partial charge in [0.2, 0.25) is 11.8 Å². The molecule has 0 aromatic heterocycles. The molecule has 0 saturated heterocycles. The maximum atomic E-state index is 12.5. The average molecular weight is 346 g/mol. The van der Waals surface area contributed by atoms with Gasteiger partial charge in [-0.25, -0.2) is 0 Å². The smallest absolute Gasteiger partial charge is 0.247 e. The molecule has 4 rings (SSSR count). The normalized spacial score (nSPS) is 16.3. The second-order valence-corrected chi connectivity index (χ2v) is 6.89. The van der Waals surface area contributed by atoms with E-state index in [1.165, 1.54) is 34.4 Å². The number of hydrogen-bond donors (Lipinski definition) is 0. The number of amides is 2. The molecule has 0 spiro atoms. The lowest BCUT2D eigenvalue weighted by Crippen LogP contribution is -2.36. The second-order valence-electron chi connectivity index (χ2n) is 6.89. The van der Waals surface area contributed by atoms with Crippen molar-refractivity contribution in [1.82, 2.24) is 9.80 Å². The highest BCUT2D eigenvalue weighted by Gasteiger charge is 2.21. The molecule has 0 bridgehead atoms. The Morgan fingerprint density at radius 2 is 1.04 bits per heavy atom. The molecule has 0 N–H and O–H groups in total. The van der Waals surface area contributed by atoms with Gasteiger partial charge >= 0.3 is 0 Å². The topological polar surface area (TPSA) is 40.6 Å². The molecular formula is C22H22N2O2. The Morgan fingerprint density at radius 3 is 1.46 bits per heavy atom. The number of carbonyl (C=O) groups is 2. The van der Waals surface area contributed by atoms with Crippen LogP contribution in [0.25, 0.3) is 0 Å². The Balaban J connectivity index is 1.38. The van der Waals surface area contributed by atoms with Gasteiger partial charge in [-0.05, 0) is 35.1 Å². The van der Waals surface area contributed by atoms with E-state index in [1.54, 1.807) is 9.80 Å². The zero-order valence-corrected chi connectivity index (χ0v) is 14.7. The average Bonchev–Trinajstić information content (AvgIpc) is 2.71. The fourth-order valence-electron chi connectivity index (χ4n) is 3.72. The lowest BCUT2D eigenvalue weighted by atomic mass is 9.99. The summed E-state index contributed by atoms with van der Waals surface area (Å²) in [6.45, 7) is 2.63. The van der Waals surface area contributed by atoms with E-state index in [0.29, 0.717) is 26.2 Å². The number of benzene rings is 2. The van der Waals surface area contributed by atoms with E-state index < -0.39 is 0 Å². The van der Waals surface area contributed by atoms with Crippen LogP contribution in [0.1, 0.15) is 22.3 Å². The third-order valence-corrected chi connectivity index (χ3v) is 5.25. The van der Waals surface area contributed by atoms with Crippen LogP contribution in [-0.4, -0.2) is 34.7 Å². The van der Waals surface area contributed by atoms with Gasteiger partial charge in [-0.2, -0.15) is 0 Å². The first-order valence-electron chi connectivity index (χ1n) is 9.10. The number of hydrogen-bond acceptors (Lipinski definition) is 2. The van der Waals surface area contributed by atoms with E-state index in [2.05, 4.69) is 24.3 Å². The van der Waals surface area contributed by atoms with Crippen molar-refractivity contribution in [2.45, 2.75) is 25.9 Å². The summed E-state index contributed by atoms with van der Waals surface area (Å²) in [5, 5.41) is 0. The molecule has 0 fully saturated rings. The molecule has 132 valence electrons. The summed E-state index contributed by atoms with van der Waals surface area (Å²) in [6, 6.07) is 16.4. The van der Waals surface area contributed by atoms with Crippen molar-refractivity contribution in [3.63, 3.8) is 0 Å². The first kappa shape index (κ1) is 16.6. The van der Waals surface area contributed by atoms with Crippen LogP contribution in [0, 0.1) is 0 Å². The third kappa shape index (κ3) is 3.40. The van der Waals surface area contributed by atoms with Gasteiger partial charge < -0.3 is 9.80 Å². The fourth-order valence-corrected chi connectivity index (χ4v) is 3.72. The summed E-state index contributed by atoms with van der Waals surface area (Å²) in [6.07, 6.45) is 4.59. The number of fused-ring (bicyclic) bond motifs is 2. The largest absolute Gasteiger partial charge is 0.334 e. The molecule has 0 aliphatic carbocycles. The van der Waals surface area contributed by atoms with E-state index in [9.17, 15) is 9.59 Å². The summed E-state index contributed by atoms with van der Waals surface area (Å²) >= 11 is 0. The molecule has 2 amide bonds. The summed E-state index contributed by atoms with van der Waals surface area (Å²) in [7, 11) is 0. The fraction of sp³-hybridized carbons (Fsp3) is 0.273. The molecule has 2 aromatic carbocycles. The van der Waals surface area contributed by atoms with Gasteiger partial charge in [-0.15, -0.1) is 0 Å². The molecule has 2 aromatic rings. The Kier molecular flexibility index (Phi) is 4.57. The minimum absolute atomic E-state index is 0.0923. The highest BCUT2D eigenvalue weighted by atomic mass is 16.2. The van der Waals surface area contributed by atoms with Gasteiger partial charge in [0.05, 0.1) is 0 Å². The molecular weight excluding hydrogens is 324 g/mol. The summed E-state index contributed by atoms with van der Waals surface area (Å²) in [5.41, 5.74) is 5.01. The predicted octanol–water partition coefficient (Wildman–Crippen LogP) is 2.71. The van der Waals surface area contributed by atoms with E-state index in [4.69, 9.17) is 0 Å². The van der Waals surface area contributed by atoms with E-state index in [-0.39, 0.29) is 11.8 Å². The molecule has 0 saturated carbocycles. The molecule has 2 aliphatic rings. The molecule has 0 radical (unpaired) electrons. The Labute approximate surface area is 153 Å². The van der Waals surface area contributed by atoms with E-state index >= 15 is 0 Å². The summed E-state index contributed by atoms with van der Waals surface area (Å²) in [5.74, 6) is -0.185. The Bertz CT molecular complexity index is 800. The van der Waals surface area contributed by atoms with Crippen LogP contribution < -0.4 is 0 Å². The van der Waals surface area contributed by atoms with Crippen LogP contribution in [0.3, 0.4) is 0 Å². The monoisotopic (exact) mass is 346 g/mol. The van der Waals surface area contributed by atoms with Crippen molar-refractivity contribution in [3.05, 3.63) is 82.9 Å². The highest BCUT2D eigenvalue weighted by molar-refractivity contribution is 5.96. The predicted molar refractivity (Wildman–Crippen MR) is 100 cm³/mol. The van der Waals surface area contributed by atoms with Crippen LogP contribution >= 0.6 is 0 Å². The molecule has 0 unspecified atom stereocenters. The van der Waals surface area contributed by atoms with E-state index in [0.717, 1.165) is 12.8 Å². The number of rotatable bonds is 2. The molecule has 26 heavy (non-hydrogen) atoms. The standard InChI is InChI=1S/C22H22N2O2/c25-21(23-13-11-17-5-1-3-7-19(17)15-23)9-10-22(26)24-14-12-18-6-2-4-8-20(18)16-24/h1-10H,11-16H2. The second kappa shape index (κ2) is 7.16. The third-order valence-electron chi connectivity index (χ3n) is 5.25. The zero-order chi connectivity index (χ0) is 17.9. The van der Waals surface area contributed by atoms with Crippen molar-refractivity contribution in [3.8, 4) is 0 Å². The first-order chi connectivity index (χ1) is 12.7. The quantitative estimate of drug-likeness (QED) is 0.785. The van der Waals surface area contributed by atoms with Crippen LogP contribution in [0.2, 0.25) is 0 Å². The maximum Gasteiger partial charge on any atom is 0.247 e. The van der Waals surface area contributed by atoms with Crippen molar-refractivity contribution in [2.24, 2.45) is 0 Å². The Hall–Kier alpha value is -2.88. The lowest BCUT2D eigenvalue weighted by Gasteiger charge is -2.29. The molecule has 2 aliphatic heterocycles. The minimum Gasteiger partial charge on any atom is -0.334 e. The van der Waals surface area contributed by atoms with Crippen LogP contribution in [0.15, 0.2) is 60.7 Å². The SMILES string of the molecule is O=C(C=CC(=O)N1CCc2ccccc2C1)N1CCc2ccccc2C1. The summed E-state index contributed by atoms with van der Waals surface area (Å²) in [4.78, 5) is 28.5. The van der Waals surface area contributed by atoms with Crippen molar-refractivity contribution >= 4 is 11.8 Å². The maximum absolute atomic E-state index is 12.5. The number of carbonyl (C=O) groups excluding carboxylic acids is 2. The lowest BCUT2D eigenvalue weighted by molar-refractivity contribution is -0.129. The van der Waals surface area contributed by atoms with Gasteiger partial charge in [-0.3, -0.25) is 9.59 Å². The van der Waals surface area contributed by atoms with Gasteiger partial charge in [0.1, 0.15) is 0 Å². The molecule has 2 heterocycles. The summed E-state index contributed by atoms with van der Waals surface area (Å²) < 4.78 is 0. The van der Waals surface area contributed by atoms with Crippen LogP contribution in [0.4, 0.5) is 0 Å². The first-order valence-corrected chi connectivity index (χ1v) is 9.10. The molecule has 4 nitrogen and oxygen atoms in total. The van der Waals surface area contributed by atoms with Gasteiger partial charge in [0, 0.05) is 38.3 Å². The molecule has 4 heteroatoms. The number of nitrogens with zero attached hydrogens (tertiary/aromatic N) is 2. The molecule has 0 atom stereocenters. The van der Waals surface area contributed by atoms with Crippen LogP contribution in [-0.2, 0) is 35.5 Å². The minimum atomic E-state index is -0.0923. The van der Waals surface area contributed by atoms with Gasteiger partial charge in [0.25, 0.3) is 0 Å². The van der Waals surface area contributed by atoms with Crippen molar-refractivity contribution < 1.29 is 9.59 Å². The van der Waals surface area contributed by atoms with Crippen molar-refractivity contribution in [1.29, 1.82) is 0 Å².